The van der Waals surface area contributed by atoms with Crippen LogP contribution in [0.4, 0.5) is 5.69 Å². The lowest BCUT2D eigenvalue weighted by Gasteiger charge is -2.24. The van der Waals surface area contributed by atoms with Gasteiger partial charge < -0.3 is 4.74 Å². The predicted molar refractivity (Wildman–Crippen MR) is 139 cm³/mol. The molecule has 2 aromatic carbocycles. The van der Waals surface area contributed by atoms with E-state index in [4.69, 9.17) is 9.72 Å². The van der Waals surface area contributed by atoms with Gasteiger partial charge in [-0.25, -0.2) is 4.98 Å². The minimum Gasteiger partial charge on any atom is -0.475 e. The maximum atomic E-state index is 13.0. The number of thioether (sulfide) groups is 1. The molecule has 0 aliphatic carbocycles. The van der Waals surface area contributed by atoms with Crippen molar-refractivity contribution in [2.75, 3.05) is 11.2 Å². The molecule has 0 radical (unpaired) electrons. The largest absolute Gasteiger partial charge is 0.475 e. The smallest absolute Gasteiger partial charge is 0.220 e. The number of para-hydroxylation sites is 2. The molecule has 0 bridgehead atoms. The summed E-state index contributed by atoms with van der Waals surface area (Å²) in [6, 6.07) is 18.0. The molecule has 1 fully saturated rings. The molecule has 2 heterocycles. The predicted octanol–water partition coefficient (Wildman–Crippen LogP) is 7.15. The molecule has 1 aromatic heterocycles. The fourth-order valence-corrected chi connectivity index (χ4v) is 6.34. The Morgan fingerprint density at radius 1 is 1.18 bits per heavy atom. The van der Waals surface area contributed by atoms with Crippen LogP contribution in [-0.2, 0) is 9.53 Å². The van der Waals surface area contributed by atoms with Gasteiger partial charge in [-0.05, 0) is 37.6 Å². The summed E-state index contributed by atoms with van der Waals surface area (Å²) >= 11 is 3.40. The second-order valence-corrected chi connectivity index (χ2v) is 10.8. The molecule has 0 amide bonds. The third-order valence-electron chi connectivity index (χ3n) is 6.12. The first-order chi connectivity index (χ1) is 16.1. The fraction of sp³-hybridized carbons (Fsp3) is 0.423. The molecule has 174 valence electrons. The van der Waals surface area contributed by atoms with Gasteiger partial charge in [0.25, 0.3) is 0 Å². The first-order valence-electron chi connectivity index (χ1n) is 11.7. The highest BCUT2D eigenvalue weighted by Gasteiger charge is 2.50. The van der Waals surface area contributed by atoms with Gasteiger partial charge in [-0.1, -0.05) is 74.7 Å². The second-order valence-electron chi connectivity index (χ2n) is 8.55. The van der Waals surface area contributed by atoms with Gasteiger partial charge in [0.15, 0.2) is 4.34 Å². The Kier molecular flexibility index (Phi) is 8.04. The first-order valence-corrected chi connectivity index (χ1v) is 13.5. The Morgan fingerprint density at radius 3 is 2.73 bits per heavy atom. The highest BCUT2D eigenvalue weighted by Crippen LogP contribution is 2.43. The van der Waals surface area contributed by atoms with Crippen LogP contribution >= 0.6 is 23.1 Å². The van der Waals surface area contributed by atoms with E-state index in [0.717, 1.165) is 40.6 Å². The zero-order valence-corrected chi connectivity index (χ0v) is 20.9. The number of hydrogen-bond donors (Lipinski definition) is 1. The van der Waals surface area contributed by atoms with E-state index >= 15 is 0 Å². The van der Waals surface area contributed by atoms with Crippen LogP contribution in [-0.4, -0.2) is 28.5 Å². The molecule has 1 aliphatic heterocycles. The number of nitrogens with one attached hydrogen (secondary N) is 1. The van der Waals surface area contributed by atoms with Crippen molar-refractivity contribution in [2.24, 2.45) is 10.5 Å². The van der Waals surface area contributed by atoms with Crippen molar-refractivity contribution in [2.45, 2.75) is 62.8 Å². The number of carbonyl (C=O) groups excluding carboxylic acids is 1. The number of ether oxygens (including phenoxy) is 1. The van der Waals surface area contributed by atoms with Crippen LogP contribution in [0.2, 0.25) is 0 Å². The lowest BCUT2D eigenvalue weighted by Crippen LogP contribution is -2.35. The van der Waals surface area contributed by atoms with E-state index in [0.29, 0.717) is 12.3 Å². The molecule has 2 unspecified atom stereocenters. The van der Waals surface area contributed by atoms with Crippen LogP contribution in [0.5, 0.6) is 0 Å². The number of ketones is 1. The topological polar surface area (TPSA) is 63.6 Å². The Bertz CT molecular complexity index is 1070. The lowest BCUT2D eigenvalue weighted by atomic mass is 9.76. The second kappa shape index (κ2) is 11.2. The minimum absolute atomic E-state index is 0.0755. The van der Waals surface area contributed by atoms with Crippen molar-refractivity contribution in [3.05, 3.63) is 54.6 Å². The van der Waals surface area contributed by atoms with Crippen LogP contribution in [0.25, 0.3) is 10.2 Å². The van der Waals surface area contributed by atoms with Gasteiger partial charge in [-0.2, -0.15) is 0 Å². The summed E-state index contributed by atoms with van der Waals surface area (Å²) in [6.45, 7) is 3.88. The van der Waals surface area contributed by atoms with Crippen LogP contribution in [0.15, 0.2) is 64.0 Å². The average molecular weight is 482 g/mol. The summed E-state index contributed by atoms with van der Waals surface area (Å²) in [7, 11) is 0. The van der Waals surface area contributed by atoms with E-state index in [2.05, 4.69) is 23.5 Å². The highest BCUT2D eigenvalue weighted by molar-refractivity contribution is 8.01. The van der Waals surface area contributed by atoms with Gasteiger partial charge in [0.05, 0.1) is 15.9 Å². The number of thiazole rings is 1. The lowest BCUT2D eigenvalue weighted by molar-refractivity contribution is -0.123. The molecule has 2 atom stereocenters. The highest BCUT2D eigenvalue weighted by atomic mass is 32.2. The van der Waals surface area contributed by atoms with Crippen molar-refractivity contribution in [1.29, 1.82) is 0 Å². The summed E-state index contributed by atoms with van der Waals surface area (Å²) in [5, 5.41) is 4.61. The SMILES string of the molecule is CCCCCCC1(C(C)=O)CC(CSc2nc3ccccc3s2)O/C1=N\Nc1ccccc1. The van der Waals surface area contributed by atoms with E-state index < -0.39 is 5.41 Å². The van der Waals surface area contributed by atoms with Gasteiger partial charge in [0.2, 0.25) is 5.90 Å². The van der Waals surface area contributed by atoms with Crippen molar-refractivity contribution in [3.8, 4) is 0 Å². The minimum atomic E-state index is -0.658. The van der Waals surface area contributed by atoms with Crippen LogP contribution in [0, 0.1) is 5.41 Å². The molecular formula is C26H31N3O2S2. The van der Waals surface area contributed by atoms with Gasteiger partial charge in [-0.15, -0.1) is 16.4 Å². The fourth-order valence-electron chi connectivity index (χ4n) is 4.25. The zero-order valence-electron chi connectivity index (χ0n) is 19.3. The monoisotopic (exact) mass is 481 g/mol. The summed E-state index contributed by atoms with van der Waals surface area (Å²) in [5.41, 5.74) is 4.35. The number of Topliss-reactive ketones (excluding diaryl/α,β-unsaturated/α-hetero) is 1. The Balaban J connectivity index is 1.50. The Hall–Kier alpha value is -2.38. The number of carbonyl (C=O) groups is 1. The van der Waals surface area contributed by atoms with Gasteiger partial charge in [0.1, 0.15) is 17.3 Å². The molecule has 7 heteroatoms. The van der Waals surface area contributed by atoms with E-state index in [1.807, 2.05) is 48.5 Å². The number of hydrazone groups is 1. The van der Waals surface area contributed by atoms with Crippen molar-refractivity contribution in [1.82, 2.24) is 4.98 Å². The summed E-state index contributed by atoms with van der Waals surface area (Å²) in [6.07, 6.45) is 5.84. The van der Waals surface area contributed by atoms with Gasteiger partial charge >= 0.3 is 0 Å². The van der Waals surface area contributed by atoms with Crippen LogP contribution in [0.1, 0.15) is 52.4 Å². The van der Waals surface area contributed by atoms with Crippen LogP contribution < -0.4 is 5.43 Å². The first kappa shape index (κ1) is 23.8. The molecule has 0 saturated carbocycles. The number of aromatic nitrogens is 1. The van der Waals surface area contributed by atoms with Crippen molar-refractivity contribution >= 4 is 50.7 Å². The summed E-state index contributed by atoms with van der Waals surface area (Å²) in [4.78, 5) is 17.7. The third-order valence-corrected chi connectivity index (χ3v) is 8.43. The molecule has 1 saturated heterocycles. The number of rotatable bonds is 11. The number of benzene rings is 2. The molecule has 33 heavy (non-hydrogen) atoms. The number of fused-ring (bicyclic) bond motifs is 1. The average Bonchev–Trinajstić information content (AvgIpc) is 3.41. The van der Waals surface area contributed by atoms with E-state index in [9.17, 15) is 4.79 Å². The number of unbranched alkanes of at least 4 members (excludes halogenated alkanes) is 3. The number of anilines is 1. The van der Waals surface area contributed by atoms with Crippen LogP contribution in [0.3, 0.4) is 0 Å². The van der Waals surface area contributed by atoms with Crippen molar-refractivity contribution in [3.63, 3.8) is 0 Å². The zero-order chi connectivity index (χ0) is 23.1. The van der Waals surface area contributed by atoms with E-state index in [1.165, 1.54) is 17.5 Å². The molecule has 4 rings (SSSR count). The van der Waals surface area contributed by atoms with Crippen molar-refractivity contribution < 1.29 is 9.53 Å². The third kappa shape index (κ3) is 5.76. The standard InChI is InChI=1S/C26H31N3O2S2/c1-3-4-5-11-16-26(19(2)30)17-21(31-24(26)29-28-20-12-7-6-8-13-20)18-32-25-27-22-14-9-10-15-23(22)33-25/h6-10,12-15,21,28H,3-5,11,16-18H2,1-2H3/b29-24-. The van der Waals surface area contributed by atoms with E-state index in [-0.39, 0.29) is 11.9 Å². The molecule has 0 spiro atoms. The maximum Gasteiger partial charge on any atom is 0.220 e. The molecule has 5 nitrogen and oxygen atoms in total. The Morgan fingerprint density at radius 2 is 1.97 bits per heavy atom. The number of nitrogens with zero attached hydrogens (tertiary/aromatic N) is 2. The maximum absolute atomic E-state index is 13.0. The molecule has 1 aliphatic rings. The van der Waals surface area contributed by atoms with E-state index in [1.54, 1.807) is 30.0 Å². The van der Waals surface area contributed by atoms with Gasteiger partial charge in [0, 0.05) is 12.2 Å². The molecule has 1 N–H and O–H groups in total. The normalized spacial score (nSPS) is 21.4. The number of hydrogen-bond acceptors (Lipinski definition) is 7. The molecular weight excluding hydrogens is 450 g/mol. The quantitative estimate of drug-likeness (QED) is 0.179. The van der Waals surface area contributed by atoms with Gasteiger partial charge in [-0.3, -0.25) is 10.2 Å². The Labute approximate surface area is 204 Å². The molecule has 3 aromatic rings. The summed E-state index contributed by atoms with van der Waals surface area (Å²) < 4.78 is 8.56. The summed E-state index contributed by atoms with van der Waals surface area (Å²) in [5.74, 6) is 1.42.